The summed E-state index contributed by atoms with van der Waals surface area (Å²) < 4.78 is 6.04. The Kier molecular flexibility index (Phi) is 3.24. The molecule has 1 saturated heterocycles. The van der Waals surface area contributed by atoms with Crippen LogP contribution in [0.1, 0.15) is 47.5 Å². The van der Waals surface area contributed by atoms with Crippen LogP contribution in [0.4, 0.5) is 0 Å². The lowest BCUT2D eigenvalue weighted by Crippen LogP contribution is -2.46. The summed E-state index contributed by atoms with van der Waals surface area (Å²) in [6, 6.07) is 0.353. The maximum atomic E-state index is 6.04. The van der Waals surface area contributed by atoms with E-state index in [0.717, 1.165) is 12.8 Å². The maximum Gasteiger partial charge on any atom is 0.0678 e. The molecule has 0 aromatic heterocycles. The van der Waals surface area contributed by atoms with Gasteiger partial charge in [0.05, 0.1) is 11.2 Å². The number of hydrazine groups is 1. The number of rotatable bonds is 3. The molecule has 2 atom stereocenters. The molecule has 0 aromatic carbocycles. The quantitative estimate of drug-likeness (QED) is 0.539. The number of hydrogen-bond donors (Lipinski definition) is 2. The Balaban J connectivity index is 2.78. The zero-order valence-electron chi connectivity index (χ0n) is 10.1. The zero-order chi connectivity index (χ0) is 11.0. The van der Waals surface area contributed by atoms with Gasteiger partial charge in [0.15, 0.2) is 0 Å². The second-order valence-electron chi connectivity index (χ2n) is 5.46. The first-order valence-corrected chi connectivity index (χ1v) is 5.48. The lowest BCUT2D eigenvalue weighted by Gasteiger charge is -2.32. The molecule has 0 aromatic rings. The van der Waals surface area contributed by atoms with Crippen LogP contribution in [0.15, 0.2) is 0 Å². The summed E-state index contributed by atoms with van der Waals surface area (Å²) in [4.78, 5) is 0. The predicted octanol–water partition coefficient (Wildman–Crippen LogP) is 1.82. The van der Waals surface area contributed by atoms with E-state index in [1.807, 2.05) is 0 Å². The highest BCUT2D eigenvalue weighted by Gasteiger charge is 2.48. The van der Waals surface area contributed by atoms with Gasteiger partial charge in [0.1, 0.15) is 0 Å². The van der Waals surface area contributed by atoms with Crippen LogP contribution in [0.2, 0.25) is 0 Å². The van der Waals surface area contributed by atoms with Crippen molar-refractivity contribution in [1.29, 1.82) is 0 Å². The maximum absolute atomic E-state index is 6.04. The van der Waals surface area contributed by atoms with Gasteiger partial charge >= 0.3 is 0 Å². The van der Waals surface area contributed by atoms with E-state index in [1.165, 1.54) is 0 Å². The largest absolute Gasteiger partial charge is 0.369 e. The normalized spacial score (nSPS) is 31.7. The van der Waals surface area contributed by atoms with Gasteiger partial charge in [0.2, 0.25) is 0 Å². The molecule has 3 N–H and O–H groups in total. The van der Waals surface area contributed by atoms with E-state index >= 15 is 0 Å². The SMILES string of the molecule is CCC(NN)C1CC(C)(C)OC1(C)C. The molecule has 0 radical (unpaired) electrons. The first-order chi connectivity index (χ1) is 6.32. The Labute approximate surface area is 87.4 Å². The summed E-state index contributed by atoms with van der Waals surface area (Å²) in [6.45, 7) is 10.8. The van der Waals surface area contributed by atoms with Gasteiger partial charge in [-0.1, -0.05) is 6.92 Å². The molecule has 2 unspecified atom stereocenters. The summed E-state index contributed by atoms with van der Waals surface area (Å²) in [5, 5.41) is 0. The Bertz CT molecular complexity index is 197. The fraction of sp³-hybridized carbons (Fsp3) is 1.00. The fourth-order valence-electron chi connectivity index (χ4n) is 2.75. The standard InChI is InChI=1S/C11H24N2O/c1-6-9(13-12)8-7-10(2,3)14-11(8,4)5/h8-9,13H,6-7,12H2,1-5H3. The molecule has 1 fully saturated rings. The van der Waals surface area contributed by atoms with Gasteiger partial charge in [-0.05, 0) is 40.5 Å². The van der Waals surface area contributed by atoms with Gasteiger partial charge in [-0.25, -0.2) is 0 Å². The summed E-state index contributed by atoms with van der Waals surface area (Å²) in [6.07, 6.45) is 2.12. The van der Waals surface area contributed by atoms with Crippen LogP contribution in [0.25, 0.3) is 0 Å². The van der Waals surface area contributed by atoms with Crippen molar-refractivity contribution in [2.75, 3.05) is 0 Å². The van der Waals surface area contributed by atoms with Crippen LogP contribution >= 0.6 is 0 Å². The summed E-state index contributed by atoms with van der Waals surface area (Å²) >= 11 is 0. The van der Waals surface area contributed by atoms with E-state index in [4.69, 9.17) is 10.6 Å². The Morgan fingerprint density at radius 2 is 2.00 bits per heavy atom. The fourth-order valence-corrected chi connectivity index (χ4v) is 2.75. The lowest BCUT2D eigenvalue weighted by atomic mass is 9.81. The molecule has 1 rings (SSSR count). The summed E-state index contributed by atoms with van der Waals surface area (Å²) in [5.74, 6) is 6.06. The van der Waals surface area contributed by atoms with Crippen molar-refractivity contribution in [2.24, 2.45) is 11.8 Å². The molecule has 0 bridgehead atoms. The highest BCUT2D eigenvalue weighted by Crippen LogP contribution is 2.43. The topological polar surface area (TPSA) is 47.3 Å². The van der Waals surface area contributed by atoms with Crippen LogP contribution in [-0.2, 0) is 4.74 Å². The third-order valence-electron chi connectivity index (χ3n) is 3.28. The summed E-state index contributed by atoms with van der Waals surface area (Å²) in [5.41, 5.74) is 2.82. The van der Waals surface area contributed by atoms with Gasteiger partial charge in [-0.2, -0.15) is 0 Å². The molecule has 3 heteroatoms. The highest BCUT2D eigenvalue weighted by molar-refractivity contribution is 4.98. The second-order valence-corrected chi connectivity index (χ2v) is 5.46. The Morgan fingerprint density at radius 1 is 1.43 bits per heavy atom. The molecule has 3 nitrogen and oxygen atoms in total. The molecule has 84 valence electrons. The first-order valence-electron chi connectivity index (χ1n) is 5.48. The van der Waals surface area contributed by atoms with Gasteiger partial charge in [-0.15, -0.1) is 0 Å². The van der Waals surface area contributed by atoms with Crippen LogP contribution in [0.5, 0.6) is 0 Å². The van der Waals surface area contributed by atoms with Crippen molar-refractivity contribution in [1.82, 2.24) is 5.43 Å². The van der Waals surface area contributed by atoms with Crippen LogP contribution < -0.4 is 11.3 Å². The van der Waals surface area contributed by atoms with Crippen molar-refractivity contribution in [2.45, 2.75) is 64.7 Å². The number of nitrogens with two attached hydrogens (primary N) is 1. The molecule has 0 spiro atoms. The molecule has 0 amide bonds. The molecule has 1 heterocycles. The van der Waals surface area contributed by atoms with Crippen LogP contribution in [-0.4, -0.2) is 17.2 Å². The summed E-state index contributed by atoms with van der Waals surface area (Å²) in [7, 11) is 0. The second kappa shape index (κ2) is 3.80. The monoisotopic (exact) mass is 200 g/mol. The molecule has 0 saturated carbocycles. The number of nitrogens with one attached hydrogen (secondary N) is 1. The predicted molar refractivity (Wildman–Crippen MR) is 58.8 cm³/mol. The van der Waals surface area contributed by atoms with E-state index < -0.39 is 0 Å². The smallest absolute Gasteiger partial charge is 0.0678 e. The van der Waals surface area contributed by atoms with Gasteiger partial charge in [-0.3, -0.25) is 11.3 Å². The lowest BCUT2D eigenvalue weighted by molar-refractivity contribution is -0.0778. The molecular formula is C11H24N2O. The average Bonchev–Trinajstić information content (AvgIpc) is 2.22. The third kappa shape index (κ3) is 2.27. The van der Waals surface area contributed by atoms with Gasteiger partial charge in [0, 0.05) is 12.0 Å². The Morgan fingerprint density at radius 3 is 2.29 bits per heavy atom. The highest BCUT2D eigenvalue weighted by atomic mass is 16.5. The van der Waals surface area contributed by atoms with E-state index in [-0.39, 0.29) is 11.2 Å². The zero-order valence-corrected chi connectivity index (χ0v) is 10.1. The minimum Gasteiger partial charge on any atom is -0.369 e. The van der Waals surface area contributed by atoms with E-state index in [2.05, 4.69) is 40.0 Å². The first kappa shape index (κ1) is 12.0. The van der Waals surface area contributed by atoms with Crippen LogP contribution in [0.3, 0.4) is 0 Å². The van der Waals surface area contributed by atoms with Crippen molar-refractivity contribution < 1.29 is 4.74 Å². The van der Waals surface area contributed by atoms with Gasteiger partial charge < -0.3 is 4.74 Å². The molecule has 1 aliphatic heterocycles. The number of ether oxygens (including phenoxy) is 1. The van der Waals surface area contributed by atoms with E-state index in [9.17, 15) is 0 Å². The number of hydrogen-bond acceptors (Lipinski definition) is 3. The molecule has 0 aliphatic carbocycles. The van der Waals surface area contributed by atoms with E-state index in [0.29, 0.717) is 12.0 Å². The van der Waals surface area contributed by atoms with Crippen molar-refractivity contribution >= 4 is 0 Å². The minimum atomic E-state index is -0.0729. The molecule has 14 heavy (non-hydrogen) atoms. The van der Waals surface area contributed by atoms with E-state index in [1.54, 1.807) is 0 Å². The minimum absolute atomic E-state index is 0.0154. The van der Waals surface area contributed by atoms with Gasteiger partial charge in [0.25, 0.3) is 0 Å². The average molecular weight is 200 g/mol. The molecular weight excluding hydrogens is 176 g/mol. The van der Waals surface area contributed by atoms with Crippen molar-refractivity contribution in [3.8, 4) is 0 Å². The third-order valence-corrected chi connectivity index (χ3v) is 3.28. The van der Waals surface area contributed by atoms with Crippen molar-refractivity contribution in [3.05, 3.63) is 0 Å². The van der Waals surface area contributed by atoms with Crippen molar-refractivity contribution in [3.63, 3.8) is 0 Å². The molecule has 1 aliphatic rings. The van der Waals surface area contributed by atoms with Crippen LogP contribution in [0, 0.1) is 5.92 Å². The Hall–Kier alpha value is -0.120.